The van der Waals surface area contributed by atoms with E-state index in [0.717, 1.165) is 29.0 Å². The van der Waals surface area contributed by atoms with Crippen molar-refractivity contribution in [1.29, 1.82) is 0 Å². The van der Waals surface area contributed by atoms with Gasteiger partial charge in [0.25, 0.3) is 5.91 Å². The van der Waals surface area contributed by atoms with E-state index in [1.807, 2.05) is 32.9 Å². The Morgan fingerprint density at radius 2 is 1.62 bits per heavy atom. The van der Waals surface area contributed by atoms with Gasteiger partial charge in [0.2, 0.25) is 0 Å². The number of likely N-dealkylation sites (tertiary alicyclic amines) is 1. The summed E-state index contributed by atoms with van der Waals surface area (Å²) >= 11 is 0. The lowest BCUT2D eigenvalue weighted by Crippen LogP contribution is -2.37. The van der Waals surface area contributed by atoms with Crippen molar-refractivity contribution in [2.24, 2.45) is 0 Å². The van der Waals surface area contributed by atoms with Gasteiger partial charge in [-0.2, -0.15) is 0 Å². The number of rotatable bonds is 8. The predicted molar refractivity (Wildman–Crippen MR) is 118 cm³/mol. The Hall–Kier alpha value is -2.33. The standard InChI is InChI=1S/C25H34N2O2/c1-4-24(29-23-15-19(2)14-20(3)16-23)25(28)26-17-21-8-10-22(11-9-21)18-27-12-6-5-7-13-27/h8-11,14-16,24H,4-7,12-13,17-18H2,1-3H3,(H,26,28)/t24-/m1/s1. The van der Waals surface area contributed by atoms with Gasteiger partial charge in [-0.25, -0.2) is 0 Å². The van der Waals surface area contributed by atoms with E-state index < -0.39 is 6.10 Å². The van der Waals surface area contributed by atoms with Crippen LogP contribution in [-0.4, -0.2) is 30.0 Å². The van der Waals surface area contributed by atoms with Crippen molar-refractivity contribution in [3.8, 4) is 5.75 Å². The number of nitrogens with zero attached hydrogens (tertiary/aromatic N) is 1. The Morgan fingerprint density at radius 1 is 1.00 bits per heavy atom. The molecule has 0 radical (unpaired) electrons. The summed E-state index contributed by atoms with van der Waals surface area (Å²) in [5, 5.41) is 3.03. The number of piperidine rings is 1. The second-order valence-electron chi connectivity index (χ2n) is 8.21. The van der Waals surface area contributed by atoms with Crippen LogP contribution in [0.2, 0.25) is 0 Å². The SMILES string of the molecule is CC[C@@H](Oc1cc(C)cc(C)c1)C(=O)NCc1ccc(CN2CCCCC2)cc1. The maximum absolute atomic E-state index is 12.6. The molecule has 4 heteroatoms. The van der Waals surface area contributed by atoms with Gasteiger partial charge in [0.15, 0.2) is 6.10 Å². The summed E-state index contributed by atoms with van der Waals surface area (Å²) in [4.78, 5) is 15.1. The predicted octanol–water partition coefficient (Wildman–Crippen LogP) is 4.76. The average molecular weight is 395 g/mol. The number of nitrogens with one attached hydrogen (secondary N) is 1. The molecule has 0 spiro atoms. The number of carbonyl (C=O) groups excluding carboxylic acids is 1. The molecule has 1 aliphatic rings. The zero-order chi connectivity index (χ0) is 20.6. The molecule has 0 bridgehead atoms. The highest BCUT2D eigenvalue weighted by molar-refractivity contribution is 5.81. The van der Waals surface area contributed by atoms with Crippen molar-refractivity contribution in [1.82, 2.24) is 10.2 Å². The van der Waals surface area contributed by atoms with Gasteiger partial charge in [-0.05, 0) is 80.6 Å². The van der Waals surface area contributed by atoms with E-state index in [1.165, 1.54) is 37.9 Å². The molecule has 2 aromatic rings. The molecule has 0 unspecified atom stereocenters. The first kappa shape index (κ1) is 21.4. The Bertz CT molecular complexity index is 775. The van der Waals surface area contributed by atoms with Crippen LogP contribution in [-0.2, 0) is 17.9 Å². The lowest BCUT2D eigenvalue weighted by Gasteiger charge is -2.26. The number of amides is 1. The van der Waals surface area contributed by atoms with Crippen molar-refractivity contribution >= 4 is 5.91 Å². The van der Waals surface area contributed by atoms with Gasteiger partial charge in [0.05, 0.1) is 0 Å². The van der Waals surface area contributed by atoms with Crippen LogP contribution in [0, 0.1) is 13.8 Å². The third-order valence-corrected chi connectivity index (χ3v) is 5.48. The van der Waals surface area contributed by atoms with Crippen LogP contribution >= 0.6 is 0 Å². The fourth-order valence-electron chi connectivity index (χ4n) is 3.93. The van der Waals surface area contributed by atoms with Crippen LogP contribution in [0.3, 0.4) is 0 Å². The zero-order valence-corrected chi connectivity index (χ0v) is 18.0. The molecule has 1 amide bonds. The van der Waals surface area contributed by atoms with Crippen molar-refractivity contribution in [3.63, 3.8) is 0 Å². The smallest absolute Gasteiger partial charge is 0.261 e. The monoisotopic (exact) mass is 394 g/mol. The van der Waals surface area contributed by atoms with E-state index in [9.17, 15) is 4.79 Å². The highest BCUT2D eigenvalue weighted by Crippen LogP contribution is 2.19. The van der Waals surface area contributed by atoms with Crippen LogP contribution in [0.4, 0.5) is 0 Å². The quantitative estimate of drug-likeness (QED) is 0.702. The number of benzene rings is 2. The minimum absolute atomic E-state index is 0.0657. The van der Waals surface area contributed by atoms with E-state index in [4.69, 9.17) is 4.74 Å². The second kappa shape index (κ2) is 10.4. The molecule has 2 aromatic carbocycles. The van der Waals surface area contributed by atoms with Gasteiger partial charge >= 0.3 is 0 Å². The summed E-state index contributed by atoms with van der Waals surface area (Å²) in [5.41, 5.74) is 4.73. The number of ether oxygens (including phenoxy) is 1. The molecule has 1 saturated heterocycles. The van der Waals surface area contributed by atoms with Crippen molar-refractivity contribution in [2.75, 3.05) is 13.1 Å². The zero-order valence-electron chi connectivity index (χ0n) is 18.0. The highest BCUT2D eigenvalue weighted by atomic mass is 16.5. The van der Waals surface area contributed by atoms with Crippen molar-refractivity contribution < 1.29 is 9.53 Å². The molecule has 29 heavy (non-hydrogen) atoms. The number of carbonyl (C=O) groups is 1. The molecule has 1 N–H and O–H groups in total. The fourth-order valence-corrected chi connectivity index (χ4v) is 3.93. The third kappa shape index (κ3) is 6.60. The molecule has 1 aliphatic heterocycles. The first-order valence-corrected chi connectivity index (χ1v) is 10.9. The lowest BCUT2D eigenvalue weighted by atomic mass is 10.1. The maximum atomic E-state index is 12.6. The maximum Gasteiger partial charge on any atom is 0.261 e. The van der Waals surface area contributed by atoms with E-state index >= 15 is 0 Å². The Kier molecular flexibility index (Phi) is 7.70. The van der Waals surface area contributed by atoms with E-state index in [1.54, 1.807) is 0 Å². The molecular weight excluding hydrogens is 360 g/mol. The fraction of sp³-hybridized carbons (Fsp3) is 0.480. The minimum Gasteiger partial charge on any atom is -0.481 e. The van der Waals surface area contributed by atoms with Crippen molar-refractivity contribution in [2.45, 2.75) is 65.6 Å². The van der Waals surface area contributed by atoms with E-state index in [-0.39, 0.29) is 5.91 Å². The molecule has 1 atom stereocenters. The molecule has 1 heterocycles. The molecule has 1 fully saturated rings. The molecule has 0 aromatic heterocycles. The first-order chi connectivity index (χ1) is 14.0. The number of aryl methyl sites for hydroxylation is 2. The summed E-state index contributed by atoms with van der Waals surface area (Å²) in [6, 6.07) is 14.6. The molecule has 3 rings (SSSR count). The van der Waals surface area contributed by atoms with Gasteiger partial charge < -0.3 is 10.1 Å². The van der Waals surface area contributed by atoms with Crippen LogP contribution in [0.25, 0.3) is 0 Å². The Labute approximate surface area is 175 Å². The summed E-state index contributed by atoms with van der Waals surface area (Å²) < 4.78 is 5.96. The molecule has 0 aliphatic carbocycles. The lowest BCUT2D eigenvalue weighted by molar-refractivity contribution is -0.128. The van der Waals surface area contributed by atoms with E-state index in [0.29, 0.717) is 13.0 Å². The number of hydrogen-bond donors (Lipinski definition) is 1. The molecule has 4 nitrogen and oxygen atoms in total. The first-order valence-electron chi connectivity index (χ1n) is 10.9. The van der Waals surface area contributed by atoms with Gasteiger partial charge in [0.1, 0.15) is 5.75 Å². The highest BCUT2D eigenvalue weighted by Gasteiger charge is 2.18. The summed E-state index contributed by atoms with van der Waals surface area (Å²) in [5.74, 6) is 0.690. The molecule has 0 saturated carbocycles. The Morgan fingerprint density at radius 3 is 2.24 bits per heavy atom. The van der Waals surface area contributed by atoms with Crippen LogP contribution in [0.15, 0.2) is 42.5 Å². The topological polar surface area (TPSA) is 41.6 Å². The van der Waals surface area contributed by atoms with Crippen LogP contribution in [0.5, 0.6) is 5.75 Å². The average Bonchev–Trinajstić information content (AvgIpc) is 2.71. The third-order valence-electron chi connectivity index (χ3n) is 5.48. The van der Waals surface area contributed by atoms with Gasteiger partial charge in [-0.3, -0.25) is 9.69 Å². The van der Waals surface area contributed by atoms with Crippen LogP contribution < -0.4 is 10.1 Å². The van der Waals surface area contributed by atoms with Gasteiger partial charge in [-0.15, -0.1) is 0 Å². The van der Waals surface area contributed by atoms with Crippen molar-refractivity contribution in [3.05, 3.63) is 64.7 Å². The van der Waals surface area contributed by atoms with Gasteiger partial charge in [-0.1, -0.05) is 43.7 Å². The summed E-state index contributed by atoms with van der Waals surface area (Å²) in [6.07, 6.45) is 4.14. The minimum atomic E-state index is -0.477. The largest absolute Gasteiger partial charge is 0.481 e. The molecular formula is C25H34N2O2. The summed E-state index contributed by atoms with van der Waals surface area (Å²) in [7, 11) is 0. The molecule has 156 valence electrons. The summed E-state index contributed by atoms with van der Waals surface area (Å²) in [6.45, 7) is 10.0. The number of hydrogen-bond acceptors (Lipinski definition) is 3. The van der Waals surface area contributed by atoms with Gasteiger partial charge in [0, 0.05) is 13.1 Å². The van der Waals surface area contributed by atoms with E-state index in [2.05, 4.69) is 40.5 Å². The Balaban J connectivity index is 1.50. The normalized spacial score (nSPS) is 15.7. The van der Waals surface area contributed by atoms with Crippen LogP contribution in [0.1, 0.15) is 54.9 Å². The second-order valence-corrected chi connectivity index (χ2v) is 8.21.